The average molecular weight is 474 g/mol. The summed E-state index contributed by atoms with van der Waals surface area (Å²) in [6.07, 6.45) is 1.55. The average Bonchev–Trinajstić information content (AvgIpc) is 3.46. The maximum absolute atomic E-state index is 13.8. The Hall–Kier alpha value is -2.48. The molecule has 4 aliphatic rings. The van der Waals surface area contributed by atoms with E-state index in [9.17, 15) is 18.8 Å². The molecule has 4 aliphatic heterocycles. The van der Waals surface area contributed by atoms with Gasteiger partial charge < -0.3 is 5.32 Å². The van der Waals surface area contributed by atoms with Crippen LogP contribution >= 0.6 is 23.2 Å². The van der Waals surface area contributed by atoms with Gasteiger partial charge in [0.25, 0.3) is 0 Å². The van der Waals surface area contributed by atoms with Crippen molar-refractivity contribution in [2.45, 2.75) is 31.3 Å². The zero-order valence-corrected chi connectivity index (χ0v) is 18.5. The number of fused-ring (bicyclic) bond motifs is 7. The SMILES string of the molecule is Cc1c(Cl)ccc2c1NC(=O)C21C2C(=O)N(c3ccc(F)c(Cl)c3)C(=O)C2C2CCCN21. The minimum atomic E-state index is -1.28. The van der Waals surface area contributed by atoms with Crippen LogP contribution in [0.15, 0.2) is 30.3 Å². The third kappa shape index (κ3) is 2.21. The Labute approximate surface area is 193 Å². The molecule has 3 amide bonds. The van der Waals surface area contributed by atoms with Gasteiger partial charge in [0, 0.05) is 16.6 Å². The van der Waals surface area contributed by atoms with Crippen molar-refractivity contribution in [3.8, 4) is 0 Å². The highest BCUT2D eigenvalue weighted by Crippen LogP contribution is 2.61. The van der Waals surface area contributed by atoms with E-state index in [1.54, 1.807) is 12.1 Å². The summed E-state index contributed by atoms with van der Waals surface area (Å²) in [4.78, 5) is 44.2. The Kier molecular flexibility index (Phi) is 4.11. The predicted octanol–water partition coefficient (Wildman–Crippen LogP) is 3.87. The summed E-state index contributed by atoms with van der Waals surface area (Å²) >= 11 is 12.2. The molecule has 32 heavy (non-hydrogen) atoms. The van der Waals surface area contributed by atoms with Crippen LogP contribution in [0.1, 0.15) is 24.0 Å². The quantitative estimate of drug-likeness (QED) is 0.638. The van der Waals surface area contributed by atoms with Gasteiger partial charge in [0.05, 0.1) is 28.2 Å². The van der Waals surface area contributed by atoms with Crippen molar-refractivity contribution in [2.24, 2.45) is 11.8 Å². The second-order valence-electron chi connectivity index (χ2n) is 8.83. The molecule has 3 saturated heterocycles. The Morgan fingerprint density at radius 2 is 1.88 bits per heavy atom. The second kappa shape index (κ2) is 6.53. The predicted molar refractivity (Wildman–Crippen MR) is 117 cm³/mol. The van der Waals surface area contributed by atoms with Crippen molar-refractivity contribution >= 4 is 52.3 Å². The summed E-state index contributed by atoms with van der Waals surface area (Å²) in [6.45, 7) is 2.44. The van der Waals surface area contributed by atoms with E-state index < -0.39 is 29.1 Å². The molecule has 3 fully saturated rings. The highest BCUT2D eigenvalue weighted by atomic mass is 35.5. The monoisotopic (exact) mass is 473 g/mol. The first kappa shape index (κ1) is 20.1. The minimum Gasteiger partial charge on any atom is -0.324 e. The maximum Gasteiger partial charge on any atom is 0.250 e. The van der Waals surface area contributed by atoms with Crippen LogP contribution in [0.2, 0.25) is 10.0 Å². The van der Waals surface area contributed by atoms with Crippen molar-refractivity contribution in [3.05, 3.63) is 57.3 Å². The van der Waals surface area contributed by atoms with Crippen LogP contribution in [0.4, 0.5) is 15.8 Å². The van der Waals surface area contributed by atoms with E-state index in [-0.39, 0.29) is 28.6 Å². The van der Waals surface area contributed by atoms with Crippen LogP contribution in [0, 0.1) is 24.6 Å². The van der Waals surface area contributed by atoms with E-state index in [1.807, 2.05) is 11.8 Å². The lowest BCUT2D eigenvalue weighted by atomic mass is 9.75. The van der Waals surface area contributed by atoms with Gasteiger partial charge in [-0.05, 0) is 56.1 Å². The Morgan fingerprint density at radius 3 is 2.62 bits per heavy atom. The number of carbonyl (C=O) groups excluding carboxylic acids is 3. The van der Waals surface area contributed by atoms with E-state index in [0.29, 0.717) is 22.8 Å². The molecule has 164 valence electrons. The number of anilines is 2. The summed E-state index contributed by atoms with van der Waals surface area (Å²) < 4.78 is 13.7. The zero-order valence-electron chi connectivity index (χ0n) is 17.0. The topological polar surface area (TPSA) is 69.7 Å². The lowest BCUT2D eigenvalue weighted by molar-refractivity contribution is -0.135. The van der Waals surface area contributed by atoms with Crippen molar-refractivity contribution in [3.63, 3.8) is 0 Å². The van der Waals surface area contributed by atoms with E-state index in [4.69, 9.17) is 23.2 Å². The van der Waals surface area contributed by atoms with Gasteiger partial charge in [-0.1, -0.05) is 29.3 Å². The lowest BCUT2D eigenvalue weighted by Gasteiger charge is -2.36. The van der Waals surface area contributed by atoms with Gasteiger partial charge in [0.1, 0.15) is 11.4 Å². The fourth-order valence-electron chi connectivity index (χ4n) is 6.27. The standard InChI is InChI=1S/C23H18Cl2FN3O3/c1-10-13(24)6-5-12-19(10)27-22(32)23(12)18-17(16-3-2-8-28(16)23)20(30)29(21(18)31)11-4-7-15(26)14(25)9-11/h4-7,9,16-18H,2-3,8H2,1H3,(H,27,32). The number of hydrogen-bond donors (Lipinski definition) is 1. The normalized spacial score (nSPS) is 30.8. The fourth-order valence-corrected chi connectivity index (χ4v) is 6.60. The molecule has 0 aromatic heterocycles. The molecule has 4 atom stereocenters. The molecule has 4 heterocycles. The van der Waals surface area contributed by atoms with E-state index in [1.165, 1.54) is 12.1 Å². The number of imide groups is 1. The molecule has 2 aromatic rings. The van der Waals surface area contributed by atoms with Crippen LogP contribution in [-0.2, 0) is 19.9 Å². The van der Waals surface area contributed by atoms with E-state index >= 15 is 0 Å². The van der Waals surface area contributed by atoms with Crippen molar-refractivity contribution < 1.29 is 18.8 Å². The smallest absolute Gasteiger partial charge is 0.250 e. The van der Waals surface area contributed by atoms with Crippen molar-refractivity contribution in [1.82, 2.24) is 4.90 Å². The zero-order chi connectivity index (χ0) is 22.5. The number of hydrogen-bond acceptors (Lipinski definition) is 4. The van der Waals surface area contributed by atoms with Gasteiger partial charge in [0.15, 0.2) is 0 Å². The molecule has 1 N–H and O–H groups in total. The van der Waals surface area contributed by atoms with Crippen LogP contribution < -0.4 is 10.2 Å². The molecule has 0 saturated carbocycles. The number of benzene rings is 2. The van der Waals surface area contributed by atoms with Gasteiger partial charge in [-0.15, -0.1) is 0 Å². The molecule has 0 bridgehead atoms. The van der Waals surface area contributed by atoms with Gasteiger partial charge >= 0.3 is 0 Å². The molecular formula is C23H18Cl2FN3O3. The molecule has 6 rings (SSSR count). The first-order valence-electron chi connectivity index (χ1n) is 10.5. The highest BCUT2D eigenvalue weighted by molar-refractivity contribution is 6.33. The minimum absolute atomic E-state index is 0.174. The fraction of sp³-hybridized carbons (Fsp3) is 0.348. The number of nitrogens with one attached hydrogen (secondary N) is 1. The number of nitrogens with zero attached hydrogens (tertiary/aromatic N) is 2. The summed E-state index contributed by atoms with van der Waals surface area (Å²) in [6, 6.07) is 7.06. The number of carbonyl (C=O) groups is 3. The molecule has 4 unspecified atom stereocenters. The van der Waals surface area contributed by atoms with Crippen LogP contribution in [0.25, 0.3) is 0 Å². The number of halogens is 3. The van der Waals surface area contributed by atoms with E-state index in [0.717, 1.165) is 29.4 Å². The second-order valence-corrected chi connectivity index (χ2v) is 9.65. The summed E-state index contributed by atoms with van der Waals surface area (Å²) in [5.41, 5.74) is 0.960. The van der Waals surface area contributed by atoms with E-state index in [2.05, 4.69) is 5.32 Å². The first-order chi connectivity index (χ1) is 15.3. The Bertz CT molecular complexity index is 1250. The lowest BCUT2D eigenvalue weighted by Crippen LogP contribution is -2.54. The largest absolute Gasteiger partial charge is 0.324 e. The highest BCUT2D eigenvalue weighted by Gasteiger charge is 2.74. The van der Waals surface area contributed by atoms with Gasteiger partial charge in [-0.3, -0.25) is 19.3 Å². The molecular weight excluding hydrogens is 456 g/mol. The molecule has 0 aliphatic carbocycles. The molecule has 0 radical (unpaired) electrons. The third-order valence-corrected chi connectivity index (χ3v) is 8.22. The van der Waals surface area contributed by atoms with Gasteiger partial charge in [0.2, 0.25) is 17.7 Å². The molecule has 1 spiro atoms. The van der Waals surface area contributed by atoms with Crippen molar-refractivity contribution in [1.29, 1.82) is 0 Å². The molecule has 9 heteroatoms. The van der Waals surface area contributed by atoms with Crippen molar-refractivity contribution in [2.75, 3.05) is 16.8 Å². The van der Waals surface area contributed by atoms with Crippen LogP contribution in [0.5, 0.6) is 0 Å². The Balaban J connectivity index is 1.56. The summed E-state index contributed by atoms with van der Waals surface area (Å²) in [7, 11) is 0. The van der Waals surface area contributed by atoms with Crippen LogP contribution in [-0.4, -0.2) is 35.2 Å². The third-order valence-electron chi connectivity index (χ3n) is 7.52. The number of amides is 3. The first-order valence-corrected chi connectivity index (χ1v) is 11.2. The number of rotatable bonds is 1. The summed E-state index contributed by atoms with van der Waals surface area (Å²) in [5, 5.41) is 3.30. The summed E-state index contributed by atoms with van der Waals surface area (Å²) in [5.74, 6) is -3.33. The van der Waals surface area contributed by atoms with Crippen LogP contribution in [0.3, 0.4) is 0 Å². The molecule has 2 aromatic carbocycles. The van der Waals surface area contributed by atoms with Gasteiger partial charge in [-0.2, -0.15) is 0 Å². The van der Waals surface area contributed by atoms with Gasteiger partial charge in [-0.25, -0.2) is 9.29 Å². The molecule has 6 nitrogen and oxygen atoms in total. The Morgan fingerprint density at radius 1 is 1.09 bits per heavy atom. The maximum atomic E-state index is 13.8.